The lowest BCUT2D eigenvalue weighted by molar-refractivity contribution is 0.0702. The van der Waals surface area contributed by atoms with Crippen molar-refractivity contribution in [3.05, 3.63) is 50.7 Å². The van der Waals surface area contributed by atoms with Gasteiger partial charge in [-0.15, -0.1) is 11.3 Å². The summed E-state index contributed by atoms with van der Waals surface area (Å²) >= 11 is 7.37. The largest absolute Gasteiger partial charge is 0.477 e. The van der Waals surface area contributed by atoms with Crippen molar-refractivity contribution in [1.29, 1.82) is 0 Å². The maximum absolute atomic E-state index is 10.8. The highest BCUT2D eigenvalue weighted by Gasteiger charge is 2.08. The highest BCUT2D eigenvalue weighted by Crippen LogP contribution is 2.26. The number of aryl methyl sites for hydroxylation is 1. The van der Waals surface area contributed by atoms with E-state index in [2.05, 4.69) is 5.32 Å². The van der Waals surface area contributed by atoms with Gasteiger partial charge in [-0.3, -0.25) is 0 Å². The number of thiophene rings is 1. The van der Waals surface area contributed by atoms with Gasteiger partial charge in [-0.2, -0.15) is 0 Å². The molecule has 0 atom stereocenters. The van der Waals surface area contributed by atoms with Crippen LogP contribution >= 0.6 is 22.9 Å². The van der Waals surface area contributed by atoms with Gasteiger partial charge in [0.05, 0.1) is 10.7 Å². The van der Waals surface area contributed by atoms with Crippen molar-refractivity contribution in [2.24, 2.45) is 0 Å². The molecule has 3 nitrogen and oxygen atoms in total. The predicted molar refractivity (Wildman–Crippen MR) is 74.8 cm³/mol. The van der Waals surface area contributed by atoms with Gasteiger partial charge in [-0.1, -0.05) is 23.7 Å². The number of para-hydroxylation sites is 1. The van der Waals surface area contributed by atoms with Crippen LogP contribution in [0.4, 0.5) is 5.69 Å². The van der Waals surface area contributed by atoms with Crippen LogP contribution < -0.4 is 5.32 Å². The molecule has 0 aliphatic carbocycles. The summed E-state index contributed by atoms with van der Waals surface area (Å²) in [6.07, 6.45) is 0. The number of carbonyl (C=O) groups is 1. The van der Waals surface area contributed by atoms with E-state index in [0.717, 1.165) is 16.1 Å². The highest BCUT2D eigenvalue weighted by atomic mass is 35.5. The SMILES string of the molecule is Cc1cccc(Cl)c1NCc1ccc(C(=O)O)s1. The molecule has 5 heteroatoms. The summed E-state index contributed by atoms with van der Waals surface area (Å²) in [6.45, 7) is 2.55. The van der Waals surface area contributed by atoms with Crippen LogP contribution in [0.25, 0.3) is 0 Å². The third-order valence-electron chi connectivity index (χ3n) is 2.53. The lowest BCUT2D eigenvalue weighted by Gasteiger charge is -2.10. The normalized spacial score (nSPS) is 10.3. The van der Waals surface area contributed by atoms with E-state index in [-0.39, 0.29) is 0 Å². The Morgan fingerprint density at radius 1 is 1.39 bits per heavy atom. The molecule has 2 aromatic rings. The van der Waals surface area contributed by atoms with Gasteiger partial charge in [0.25, 0.3) is 0 Å². The van der Waals surface area contributed by atoms with Gasteiger partial charge in [-0.25, -0.2) is 4.79 Å². The van der Waals surface area contributed by atoms with E-state index in [4.69, 9.17) is 16.7 Å². The smallest absolute Gasteiger partial charge is 0.345 e. The molecular formula is C13H12ClNO2S. The first-order chi connectivity index (χ1) is 8.58. The summed E-state index contributed by atoms with van der Waals surface area (Å²) < 4.78 is 0. The highest BCUT2D eigenvalue weighted by molar-refractivity contribution is 7.13. The van der Waals surface area contributed by atoms with Crippen molar-refractivity contribution >= 4 is 34.6 Å². The van der Waals surface area contributed by atoms with E-state index in [1.165, 1.54) is 11.3 Å². The first-order valence-electron chi connectivity index (χ1n) is 5.39. The first-order valence-corrected chi connectivity index (χ1v) is 6.58. The molecule has 2 rings (SSSR count). The molecule has 18 heavy (non-hydrogen) atoms. The number of anilines is 1. The Labute approximate surface area is 114 Å². The molecule has 0 aliphatic rings. The maximum Gasteiger partial charge on any atom is 0.345 e. The first kappa shape index (κ1) is 12.9. The van der Waals surface area contributed by atoms with Crippen molar-refractivity contribution in [3.63, 3.8) is 0 Å². The summed E-state index contributed by atoms with van der Waals surface area (Å²) in [5.41, 5.74) is 1.96. The van der Waals surface area contributed by atoms with Crippen LogP contribution in [0.2, 0.25) is 5.02 Å². The third-order valence-corrected chi connectivity index (χ3v) is 3.92. The monoisotopic (exact) mass is 281 g/mol. The molecule has 0 bridgehead atoms. The van der Waals surface area contributed by atoms with Crippen molar-refractivity contribution in [3.8, 4) is 0 Å². The molecule has 0 aliphatic heterocycles. The standard InChI is InChI=1S/C13H12ClNO2S/c1-8-3-2-4-10(14)12(8)15-7-9-5-6-11(18-9)13(16)17/h2-6,15H,7H2,1H3,(H,16,17). The Hall–Kier alpha value is -1.52. The van der Waals surface area contributed by atoms with Gasteiger partial charge >= 0.3 is 5.97 Å². The topological polar surface area (TPSA) is 49.3 Å². The molecule has 1 heterocycles. The zero-order valence-corrected chi connectivity index (χ0v) is 11.3. The fourth-order valence-electron chi connectivity index (χ4n) is 1.62. The second kappa shape index (κ2) is 5.42. The number of hydrogen-bond donors (Lipinski definition) is 2. The molecule has 0 radical (unpaired) electrons. The van der Waals surface area contributed by atoms with Gasteiger partial charge in [0.15, 0.2) is 0 Å². The summed E-state index contributed by atoms with van der Waals surface area (Å²) in [5, 5.41) is 12.7. The number of aromatic carboxylic acids is 1. The fourth-order valence-corrected chi connectivity index (χ4v) is 2.69. The lowest BCUT2D eigenvalue weighted by Crippen LogP contribution is -2.00. The molecule has 2 N–H and O–H groups in total. The summed E-state index contributed by atoms with van der Waals surface area (Å²) in [5.74, 6) is -0.889. The van der Waals surface area contributed by atoms with Crippen molar-refractivity contribution in [2.45, 2.75) is 13.5 Å². The van der Waals surface area contributed by atoms with Crippen LogP contribution in [0.3, 0.4) is 0 Å². The number of carboxylic acids is 1. The number of halogens is 1. The fraction of sp³-hybridized carbons (Fsp3) is 0.154. The minimum absolute atomic E-state index is 0.350. The van der Waals surface area contributed by atoms with Crippen LogP contribution in [0, 0.1) is 6.92 Å². The quantitative estimate of drug-likeness (QED) is 0.890. The van der Waals surface area contributed by atoms with E-state index in [0.29, 0.717) is 16.4 Å². The van der Waals surface area contributed by atoms with E-state index in [1.807, 2.05) is 31.2 Å². The minimum Gasteiger partial charge on any atom is -0.477 e. The Kier molecular flexibility index (Phi) is 3.89. The van der Waals surface area contributed by atoms with Gasteiger partial charge in [-0.05, 0) is 30.7 Å². The summed E-state index contributed by atoms with van der Waals surface area (Å²) in [6, 6.07) is 9.13. The van der Waals surface area contributed by atoms with Gasteiger partial charge in [0.1, 0.15) is 4.88 Å². The van der Waals surface area contributed by atoms with E-state index in [1.54, 1.807) is 6.07 Å². The zero-order valence-electron chi connectivity index (χ0n) is 9.74. The van der Waals surface area contributed by atoms with Crippen LogP contribution in [-0.4, -0.2) is 11.1 Å². The lowest BCUT2D eigenvalue weighted by atomic mass is 10.2. The number of nitrogens with one attached hydrogen (secondary N) is 1. The summed E-state index contributed by atoms with van der Waals surface area (Å²) in [4.78, 5) is 12.1. The molecule has 1 aromatic heterocycles. The Balaban J connectivity index is 2.09. The molecule has 0 unspecified atom stereocenters. The molecule has 0 saturated carbocycles. The van der Waals surface area contributed by atoms with Crippen LogP contribution in [0.15, 0.2) is 30.3 Å². The second-order valence-electron chi connectivity index (χ2n) is 3.86. The molecular weight excluding hydrogens is 270 g/mol. The average Bonchev–Trinajstić information content (AvgIpc) is 2.77. The number of benzene rings is 1. The second-order valence-corrected chi connectivity index (χ2v) is 5.43. The predicted octanol–water partition coefficient (Wildman–Crippen LogP) is 4.02. The van der Waals surface area contributed by atoms with Crippen LogP contribution in [-0.2, 0) is 6.54 Å². The van der Waals surface area contributed by atoms with Gasteiger partial charge < -0.3 is 10.4 Å². The minimum atomic E-state index is -0.889. The van der Waals surface area contributed by atoms with Crippen molar-refractivity contribution < 1.29 is 9.90 Å². The summed E-state index contributed by atoms with van der Waals surface area (Å²) in [7, 11) is 0. The average molecular weight is 282 g/mol. The molecule has 94 valence electrons. The third kappa shape index (κ3) is 2.83. The molecule has 0 saturated heterocycles. The number of carboxylic acid groups (broad SMARTS) is 1. The van der Waals surface area contributed by atoms with Crippen LogP contribution in [0.5, 0.6) is 0 Å². The molecule has 0 fully saturated rings. The van der Waals surface area contributed by atoms with Gasteiger partial charge in [0.2, 0.25) is 0 Å². The number of hydrogen-bond acceptors (Lipinski definition) is 3. The van der Waals surface area contributed by atoms with Crippen molar-refractivity contribution in [1.82, 2.24) is 0 Å². The zero-order chi connectivity index (χ0) is 13.1. The number of rotatable bonds is 4. The molecule has 0 amide bonds. The molecule has 0 spiro atoms. The Morgan fingerprint density at radius 2 is 2.17 bits per heavy atom. The van der Waals surface area contributed by atoms with Gasteiger partial charge in [0, 0.05) is 11.4 Å². The van der Waals surface area contributed by atoms with Crippen molar-refractivity contribution in [2.75, 3.05) is 5.32 Å². The van der Waals surface area contributed by atoms with E-state index < -0.39 is 5.97 Å². The van der Waals surface area contributed by atoms with E-state index in [9.17, 15) is 4.79 Å². The maximum atomic E-state index is 10.8. The Bertz CT molecular complexity index is 560. The van der Waals surface area contributed by atoms with Crippen LogP contribution in [0.1, 0.15) is 20.1 Å². The molecule has 1 aromatic carbocycles. The van der Waals surface area contributed by atoms with E-state index >= 15 is 0 Å². The Morgan fingerprint density at radius 3 is 2.78 bits per heavy atom.